The lowest BCUT2D eigenvalue weighted by atomic mass is 10.1. The summed E-state index contributed by atoms with van der Waals surface area (Å²) in [6.45, 7) is 3.75. The van der Waals surface area contributed by atoms with Gasteiger partial charge in [-0.2, -0.15) is 0 Å². The third-order valence-electron chi connectivity index (χ3n) is 2.99. The van der Waals surface area contributed by atoms with Crippen LogP contribution in [0.1, 0.15) is 19.4 Å². The van der Waals surface area contributed by atoms with Crippen LogP contribution in [0.5, 0.6) is 0 Å². The highest BCUT2D eigenvalue weighted by atomic mass is 32.2. The monoisotopic (exact) mass is 263 g/mol. The van der Waals surface area contributed by atoms with Crippen LogP contribution >= 0.6 is 0 Å². The molecule has 1 aromatic rings. The van der Waals surface area contributed by atoms with E-state index in [4.69, 9.17) is 0 Å². The van der Waals surface area contributed by atoms with Gasteiger partial charge in [-0.25, -0.2) is 4.21 Å². The van der Waals surface area contributed by atoms with Gasteiger partial charge in [0.25, 0.3) is 0 Å². The van der Waals surface area contributed by atoms with E-state index in [1.807, 2.05) is 56.3 Å². The molecule has 0 unspecified atom stereocenters. The summed E-state index contributed by atoms with van der Waals surface area (Å²) < 4.78 is 13.6. The summed E-state index contributed by atoms with van der Waals surface area (Å²) in [5.74, 6) is -0.0803. The quantitative estimate of drug-likeness (QED) is 0.766. The molecule has 18 heavy (non-hydrogen) atoms. The van der Waals surface area contributed by atoms with Crippen molar-refractivity contribution in [2.24, 2.45) is 0 Å². The van der Waals surface area contributed by atoms with Crippen LogP contribution in [0.15, 0.2) is 42.5 Å². The van der Waals surface area contributed by atoms with Crippen LogP contribution in [0.25, 0.3) is 0 Å². The second kappa shape index (κ2) is 5.48. The third kappa shape index (κ3) is 2.70. The van der Waals surface area contributed by atoms with Gasteiger partial charge in [0.15, 0.2) is 0 Å². The molecule has 0 aromatic heterocycles. The number of hydrogen-bond acceptors (Lipinski definition) is 2. The van der Waals surface area contributed by atoms with Crippen LogP contribution in [-0.4, -0.2) is 25.7 Å². The van der Waals surface area contributed by atoms with Crippen molar-refractivity contribution in [1.29, 1.82) is 0 Å². The Bertz CT molecular complexity index is 484. The molecule has 0 N–H and O–H groups in total. The zero-order valence-electron chi connectivity index (χ0n) is 10.6. The van der Waals surface area contributed by atoms with Crippen molar-refractivity contribution in [2.75, 3.05) is 0 Å². The summed E-state index contributed by atoms with van der Waals surface area (Å²) in [7, 11) is -1.26. The van der Waals surface area contributed by atoms with Gasteiger partial charge in [-0.1, -0.05) is 42.5 Å². The van der Waals surface area contributed by atoms with E-state index in [0.717, 1.165) is 5.56 Å². The Labute approximate surface area is 110 Å². The molecule has 1 amide bonds. The van der Waals surface area contributed by atoms with Crippen molar-refractivity contribution in [3.63, 3.8) is 0 Å². The summed E-state index contributed by atoms with van der Waals surface area (Å²) in [6.07, 6.45) is 4.15. The first-order chi connectivity index (χ1) is 8.59. The number of carbonyl (C=O) groups excluding carboxylic acids is 1. The van der Waals surface area contributed by atoms with Gasteiger partial charge in [0.05, 0.1) is 17.7 Å². The van der Waals surface area contributed by atoms with Crippen LogP contribution in [0, 0.1) is 0 Å². The molecule has 4 heteroatoms. The van der Waals surface area contributed by atoms with Crippen molar-refractivity contribution in [3.05, 3.63) is 48.0 Å². The minimum Gasteiger partial charge on any atom is -0.273 e. The smallest absolute Gasteiger partial charge is 0.239 e. The summed E-state index contributed by atoms with van der Waals surface area (Å²) in [5, 5.41) is -0.0964. The van der Waals surface area contributed by atoms with Crippen LogP contribution in [0.3, 0.4) is 0 Å². The lowest BCUT2D eigenvalue weighted by Crippen LogP contribution is -2.45. The maximum atomic E-state index is 12.2. The first kappa shape index (κ1) is 13.0. The molecule has 0 saturated carbocycles. The normalized spacial score (nSPS) is 27.2. The van der Waals surface area contributed by atoms with E-state index in [2.05, 4.69) is 0 Å². The number of nitrogens with zero attached hydrogens (tertiary/aromatic N) is 1. The summed E-state index contributed by atoms with van der Waals surface area (Å²) in [6, 6.07) is 9.45. The molecule has 1 aliphatic rings. The van der Waals surface area contributed by atoms with E-state index in [0.29, 0.717) is 6.42 Å². The second-order valence-corrected chi connectivity index (χ2v) is 6.18. The highest BCUT2D eigenvalue weighted by Gasteiger charge is 2.30. The van der Waals surface area contributed by atoms with Gasteiger partial charge in [0, 0.05) is 0 Å². The van der Waals surface area contributed by atoms with Gasteiger partial charge in [0.2, 0.25) is 5.91 Å². The Balaban J connectivity index is 2.14. The molecule has 96 valence electrons. The number of amides is 1. The number of rotatable bonds is 2. The average molecular weight is 263 g/mol. The van der Waals surface area contributed by atoms with Gasteiger partial charge in [0.1, 0.15) is 11.0 Å². The standard InChI is InChI=1S/C14H17NO2S/c1-11-8-9-12(2)18(17)15(11)14(16)10-13-6-4-3-5-7-13/h3-9,11-12H,10H2,1-2H3/t11-,12+,18+/m0/s1. The first-order valence-electron chi connectivity index (χ1n) is 6.04. The van der Waals surface area contributed by atoms with Crippen LogP contribution in [0.4, 0.5) is 0 Å². The van der Waals surface area contributed by atoms with Crippen molar-refractivity contribution < 1.29 is 9.00 Å². The Morgan fingerprint density at radius 3 is 2.56 bits per heavy atom. The van der Waals surface area contributed by atoms with E-state index in [9.17, 15) is 9.00 Å². The molecule has 1 heterocycles. The van der Waals surface area contributed by atoms with Gasteiger partial charge in [-0.05, 0) is 19.4 Å². The van der Waals surface area contributed by atoms with Crippen molar-refractivity contribution in [3.8, 4) is 0 Å². The lowest BCUT2D eigenvalue weighted by Gasteiger charge is -2.31. The molecule has 0 aliphatic carbocycles. The van der Waals surface area contributed by atoms with Gasteiger partial charge in [-0.3, -0.25) is 9.10 Å². The minimum atomic E-state index is -1.26. The second-order valence-electron chi connectivity index (χ2n) is 4.49. The molecule has 2 rings (SSSR count). The SMILES string of the molecule is C[C@@H]1C=C[C@H](C)N(C(=O)Cc2ccccc2)[S@@]1=O. The Morgan fingerprint density at radius 1 is 1.22 bits per heavy atom. The highest BCUT2D eigenvalue weighted by molar-refractivity contribution is 7.84. The lowest BCUT2D eigenvalue weighted by molar-refractivity contribution is -0.126. The third-order valence-corrected chi connectivity index (χ3v) is 4.70. The molecule has 3 nitrogen and oxygen atoms in total. The van der Waals surface area contributed by atoms with Crippen LogP contribution in [0.2, 0.25) is 0 Å². The maximum absolute atomic E-state index is 12.2. The van der Waals surface area contributed by atoms with Crippen LogP contribution < -0.4 is 0 Å². The number of carbonyl (C=O) groups is 1. The highest BCUT2D eigenvalue weighted by Crippen LogP contribution is 2.18. The van der Waals surface area contributed by atoms with Crippen molar-refractivity contribution in [1.82, 2.24) is 4.31 Å². The molecular weight excluding hydrogens is 246 g/mol. The summed E-state index contributed by atoms with van der Waals surface area (Å²) in [4.78, 5) is 12.2. The zero-order chi connectivity index (χ0) is 13.1. The van der Waals surface area contributed by atoms with E-state index in [-0.39, 0.29) is 17.2 Å². The molecule has 1 aromatic carbocycles. The fourth-order valence-electron chi connectivity index (χ4n) is 1.98. The minimum absolute atomic E-state index is 0.0803. The van der Waals surface area contributed by atoms with E-state index >= 15 is 0 Å². The first-order valence-corrected chi connectivity index (χ1v) is 7.21. The molecular formula is C14H17NO2S. The molecule has 3 atom stereocenters. The van der Waals surface area contributed by atoms with Crippen molar-refractivity contribution in [2.45, 2.75) is 31.6 Å². The van der Waals surface area contributed by atoms with E-state index in [1.165, 1.54) is 4.31 Å². The molecule has 0 radical (unpaired) electrons. The van der Waals surface area contributed by atoms with Gasteiger partial charge >= 0.3 is 0 Å². The largest absolute Gasteiger partial charge is 0.273 e. The molecule has 1 aliphatic heterocycles. The Kier molecular flexibility index (Phi) is 3.97. The van der Waals surface area contributed by atoms with Crippen LogP contribution in [-0.2, 0) is 22.2 Å². The van der Waals surface area contributed by atoms with Gasteiger partial charge < -0.3 is 0 Å². The fraction of sp³-hybridized carbons (Fsp3) is 0.357. The maximum Gasteiger partial charge on any atom is 0.239 e. The zero-order valence-corrected chi connectivity index (χ0v) is 11.4. The van der Waals surface area contributed by atoms with E-state index < -0.39 is 11.0 Å². The predicted molar refractivity (Wildman–Crippen MR) is 73.2 cm³/mol. The topological polar surface area (TPSA) is 37.4 Å². The number of benzene rings is 1. The molecule has 0 spiro atoms. The Morgan fingerprint density at radius 2 is 1.89 bits per heavy atom. The van der Waals surface area contributed by atoms with Gasteiger partial charge in [-0.15, -0.1) is 0 Å². The summed E-state index contributed by atoms with van der Waals surface area (Å²) in [5.41, 5.74) is 0.953. The molecule has 0 saturated heterocycles. The number of hydrogen-bond donors (Lipinski definition) is 0. The Hall–Kier alpha value is -1.42. The molecule has 0 fully saturated rings. The average Bonchev–Trinajstić information content (AvgIpc) is 2.36. The molecule has 0 bridgehead atoms. The fourth-order valence-corrected chi connectivity index (χ4v) is 3.23. The van der Waals surface area contributed by atoms with E-state index in [1.54, 1.807) is 0 Å². The summed E-state index contributed by atoms with van der Waals surface area (Å²) >= 11 is 0. The van der Waals surface area contributed by atoms with Crippen molar-refractivity contribution >= 4 is 16.9 Å². The predicted octanol–water partition coefficient (Wildman–Crippen LogP) is 2.07.